The summed E-state index contributed by atoms with van der Waals surface area (Å²) in [6.45, 7) is 0. The summed E-state index contributed by atoms with van der Waals surface area (Å²) < 4.78 is 1.49. The summed E-state index contributed by atoms with van der Waals surface area (Å²) in [6, 6.07) is 9.75. The number of pyridine rings is 1. The summed E-state index contributed by atoms with van der Waals surface area (Å²) in [7, 11) is 0. The van der Waals surface area contributed by atoms with Crippen molar-refractivity contribution in [2.45, 2.75) is 6.42 Å². The lowest BCUT2D eigenvalue weighted by Gasteiger charge is -2.03. The number of aromatic nitrogens is 3. The van der Waals surface area contributed by atoms with Gasteiger partial charge >= 0.3 is 0 Å². The van der Waals surface area contributed by atoms with Crippen molar-refractivity contribution in [2.75, 3.05) is 0 Å². The average molecular weight is 237 g/mol. The van der Waals surface area contributed by atoms with Crippen molar-refractivity contribution in [3.05, 3.63) is 60.8 Å². The Labute approximate surface area is 104 Å². The highest BCUT2D eigenvalue weighted by Crippen LogP contribution is 2.14. The van der Waals surface area contributed by atoms with E-state index in [4.69, 9.17) is 0 Å². The molecule has 18 heavy (non-hydrogen) atoms. The van der Waals surface area contributed by atoms with Crippen LogP contribution in [0.4, 0.5) is 0 Å². The lowest BCUT2D eigenvalue weighted by atomic mass is 10.1. The van der Waals surface area contributed by atoms with Crippen molar-refractivity contribution in [3.63, 3.8) is 0 Å². The lowest BCUT2D eigenvalue weighted by molar-refractivity contribution is 0.0914. The Morgan fingerprint density at radius 2 is 2.17 bits per heavy atom. The molecule has 3 rings (SSSR count). The van der Waals surface area contributed by atoms with Gasteiger partial charge in [-0.2, -0.15) is 0 Å². The smallest absolute Gasteiger partial charge is 0.236 e. The molecule has 1 aromatic carbocycles. The molecule has 0 radical (unpaired) electrons. The van der Waals surface area contributed by atoms with Crippen LogP contribution in [0, 0.1) is 0 Å². The predicted octanol–water partition coefficient (Wildman–Crippen LogP) is 2.31. The topological polar surface area (TPSA) is 47.8 Å². The molecule has 0 N–H and O–H groups in total. The third-order valence-electron chi connectivity index (χ3n) is 2.82. The Morgan fingerprint density at radius 3 is 3.00 bits per heavy atom. The Bertz CT molecular complexity index is 689. The van der Waals surface area contributed by atoms with Gasteiger partial charge in [0.1, 0.15) is 6.33 Å². The molecule has 0 fully saturated rings. The van der Waals surface area contributed by atoms with Gasteiger partial charge in [-0.1, -0.05) is 12.1 Å². The molecular weight excluding hydrogens is 226 g/mol. The van der Waals surface area contributed by atoms with Crippen LogP contribution >= 0.6 is 0 Å². The van der Waals surface area contributed by atoms with E-state index in [2.05, 4.69) is 9.97 Å². The van der Waals surface area contributed by atoms with Gasteiger partial charge in [0.05, 0.1) is 11.9 Å². The molecule has 0 atom stereocenters. The maximum Gasteiger partial charge on any atom is 0.236 e. The summed E-state index contributed by atoms with van der Waals surface area (Å²) in [4.78, 5) is 20.0. The fraction of sp³-hybridized carbons (Fsp3) is 0.0714. The van der Waals surface area contributed by atoms with E-state index in [0.717, 1.165) is 16.5 Å². The van der Waals surface area contributed by atoms with Gasteiger partial charge < -0.3 is 0 Å². The molecule has 0 bridgehead atoms. The fourth-order valence-electron chi connectivity index (χ4n) is 1.91. The molecular formula is C14H11N3O. The molecule has 2 aromatic heterocycles. The first-order valence-electron chi connectivity index (χ1n) is 5.68. The Balaban J connectivity index is 1.89. The number of carbonyl (C=O) groups is 1. The molecule has 88 valence electrons. The van der Waals surface area contributed by atoms with E-state index in [0.29, 0.717) is 6.42 Å². The van der Waals surface area contributed by atoms with Crippen LogP contribution < -0.4 is 0 Å². The first-order valence-corrected chi connectivity index (χ1v) is 5.68. The summed E-state index contributed by atoms with van der Waals surface area (Å²) in [6.07, 6.45) is 6.90. The zero-order chi connectivity index (χ0) is 12.4. The molecule has 0 spiro atoms. The zero-order valence-electron chi connectivity index (χ0n) is 9.65. The monoisotopic (exact) mass is 237 g/mol. The van der Waals surface area contributed by atoms with Gasteiger partial charge in [0.15, 0.2) is 0 Å². The standard InChI is InChI=1S/C14H11N3O/c18-14(17-7-6-15-10-17)9-11-3-4-13-12(8-11)2-1-5-16-13/h1-8,10H,9H2. The normalized spacial score (nSPS) is 10.7. The van der Waals surface area contributed by atoms with E-state index in [9.17, 15) is 4.79 Å². The van der Waals surface area contributed by atoms with Crippen LogP contribution in [0.1, 0.15) is 10.4 Å². The van der Waals surface area contributed by atoms with E-state index in [1.807, 2.05) is 30.3 Å². The number of benzene rings is 1. The molecule has 4 heteroatoms. The van der Waals surface area contributed by atoms with Crippen molar-refractivity contribution in [1.82, 2.24) is 14.5 Å². The lowest BCUT2D eigenvalue weighted by Crippen LogP contribution is -2.11. The highest BCUT2D eigenvalue weighted by Gasteiger charge is 2.06. The van der Waals surface area contributed by atoms with Crippen LogP contribution in [0.25, 0.3) is 10.9 Å². The van der Waals surface area contributed by atoms with E-state index < -0.39 is 0 Å². The van der Waals surface area contributed by atoms with Gasteiger partial charge in [0, 0.05) is 24.0 Å². The van der Waals surface area contributed by atoms with Crippen molar-refractivity contribution in [2.24, 2.45) is 0 Å². The molecule has 2 heterocycles. The molecule has 0 saturated heterocycles. The van der Waals surface area contributed by atoms with Gasteiger partial charge in [-0.15, -0.1) is 0 Å². The van der Waals surface area contributed by atoms with Gasteiger partial charge in [0.2, 0.25) is 5.91 Å². The number of rotatable bonds is 2. The summed E-state index contributed by atoms with van der Waals surface area (Å²) in [5.74, 6) is 0.00994. The molecule has 0 aliphatic rings. The quantitative estimate of drug-likeness (QED) is 0.687. The average Bonchev–Trinajstić information content (AvgIpc) is 2.92. The van der Waals surface area contributed by atoms with Crippen LogP contribution in [0.2, 0.25) is 0 Å². The highest BCUT2D eigenvalue weighted by molar-refractivity contribution is 5.84. The van der Waals surface area contributed by atoms with E-state index in [1.54, 1.807) is 18.6 Å². The second-order valence-electron chi connectivity index (χ2n) is 4.07. The van der Waals surface area contributed by atoms with Crippen LogP contribution in [-0.2, 0) is 6.42 Å². The Kier molecular flexibility index (Phi) is 2.61. The maximum atomic E-state index is 11.9. The Morgan fingerprint density at radius 1 is 1.22 bits per heavy atom. The van der Waals surface area contributed by atoms with Crippen molar-refractivity contribution >= 4 is 16.8 Å². The van der Waals surface area contributed by atoms with E-state index in [-0.39, 0.29) is 5.91 Å². The minimum Gasteiger partial charge on any atom is -0.276 e. The van der Waals surface area contributed by atoms with Crippen LogP contribution in [0.5, 0.6) is 0 Å². The third-order valence-corrected chi connectivity index (χ3v) is 2.82. The molecule has 4 nitrogen and oxygen atoms in total. The fourth-order valence-corrected chi connectivity index (χ4v) is 1.91. The largest absolute Gasteiger partial charge is 0.276 e. The van der Waals surface area contributed by atoms with Gasteiger partial charge in [0.25, 0.3) is 0 Å². The number of carbonyl (C=O) groups excluding carboxylic acids is 1. The number of hydrogen-bond acceptors (Lipinski definition) is 3. The molecule has 0 aliphatic heterocycles. The number of hydrogen-bond donors (Lipinski definition) is 0. The summed E-state index contributed by atoms with van der Waals surface area (Å²) in [5, 5.41) is 1.05. The van der Waals surface area contributed by atoms with Gasteiger partial charge in [-0.3, -0.25) is 14.3 Å². The second kappa shape index (κ2) is 4.41. The minimum atomic E-state index is 0.00994. The number of nitrogens with zero attached hydrogens (tertiary/aromatic N) is 3. The van der Waals surface area contributed by atoms with Crippen molar-refractivity contribution in [3.8, 4) is 0 Å². The van der Waals surface area contributed by atoms with Crippen molar-refractivity contribution in [1.29, 1.82) is 0 Å². The molecule has 0 aliphatic carbocycles. The highest BCUT2D eigenvalue weighted by atomic mass is 16.2. The maximum absolute atomic E-state index is 11.9. The number of imidazole rings is 1. The number of fused-ring (bicyclic) bond motifs is 1. The zero-order valence-corrected chi connectivity index (χ0v) is 9.65. The van der Waals surface area contributed by atoms with E-state index >= 15 is 0 Å². The van der Waals surface area contributed by atoms with Crippen LogP contribution in [-0.4, -0.2) is 20.4 Å². The minimum absolute atomic E-state index is 0.00994. The molecule has 0 amide bonds. The second-order valence-corrected chi connectivity index (χ2v) is 4.07. The van der Waals surface area contributed by atoms with Gasteiger partial charge in [-0.25, -0.2) is 4.98 Å². The first-order chi connectivity index (χ1) is 8.83. The molecule has 0 saturated carbocycles. The van der Waals surface area contributed by atoms with Crippen molar-refractivity contribution < 1.29 is 4.79 Å². The summed E-state index contributed by atoms with van der Waals surface area (Å²) in [5.41, 5.74) is 1.92. The van der Waals surface area contributed by atoms with Gasteiger partial charge in [-0.05, 0) is 23.8 Å². The predicted molar refractivity (Wildman–Crippen MR) is 68.3 cm³/mol. The SMILES string of the molecule is O=C(Cc1ccc2ncccc2c1)n1ccnc1. The molecule has 0 unspecified atom stereocenters. The van der Waals surface area contributed by atoms with Crippen LogP contribution in [0.3, 0.4) is 0 Å². The van der Waals surface area contributed by atoms with E-state index in [1.165, 1.54) is 10.9 Å². The van der Waals surface area contributed by atoms with Crippen LogP contribution in [0.15, 0.2) is 55.2 Å². The third kappa shape index (κ3) is 2.00. The summed E-state index contributed by atoms with van der Waals surface area (Å²) >= 11 is 0. The Hall–Kier alpha value is -2.49. The first kappa shape index (κ1) is 10.7. The molecule has 3 aromatic rings.